The number of carbonyl (C=O) groups is 3. The number of rotatable bonds is 6. The van der Waals surface area contributed by atoms with Crippen LogP contribution in [-0.2, 0) is 27.4 Å². The lowest BCUT2D eigenvalue weighted by atomic mass is 10.1. The highest BCUT2D eigenvalue weighted by Gasteiger charge is 2.26. The molecule has 31 heavy (non-hydrogen) atoms. The number of para-hydroxylation sites is 1. The van der Waals surface area contributed by atoms with Gasteiger partial charge in [-0.1, -0.05) is 48.5 Å². The zero-order valence-corrected chi connectivity index (χ0v) is 17.5. The van der Waals surface area contributed by atoms with Crippen LogP contribution in [0.1, 0.15) is 15.9 Å². The highest BCUT2D eigenvalue weighted by atomic mass is 16.5. The topological polar surface area (TPSA) is 71.9 Å². The number of hydrogen-bond donors (Lipinski definition) is 0. The van der Waals surface area contributed by atoms with Gasteiger partial charge in [-0.25, -0.2) is 0 Å². The predicted molar refractivity (Wildman–Crippen MR) is 117 cm³/mol. The summed E-state index contributed by atoms with van der Waals surface area (Å²) in [7, 11) is 1.62. The van der Waals surface area contributed by atoms with Crippen molar-refractivity contribution in [2.75, 3.05) is 33.4 Å². The van der Waals surface area contributed by atoms with E-state index in [0.717, 1.165) is 11.1 Å². The summed E-state index contributed by atoms with van der Waals surface area (Å²) in [6.45, 7) is 2.65. The molecule has 0 atom stereocenters. The van der Waals surface area contributed by atoms with E-state index in [-0.39, 0.29) is 12.5 Å². The third-order valence-electron chi connectivity index (χ3n) is 5.51. The fourth-order valence-electron chi connectivity index (χ4n) is 3.83. The second kappa shape index (κ2) is 9.14. The lowest BCUT2D eigenvalue weighted by Crippen LogP contribution is -2.42. The summed E-state index contributed by atoms with van der Waals surface area (Å²) < 4.78 is 7.06. The van der Waals surface area contributed by atoms with Crippen molar-refractivity contribution < 1.29 is 19.1 Å². The molecule has 3 aromatic rings. The van der Waals surface area contributed by atoms with Crippen LogP contribution in [0.3, 0.4) is 0 Å². The zero-order valence-electron chi connectivity index (χ0n) is 17.5. The summed E-state index contributed by atoms with van der Waals surface area (Å²) in [6, 6.07) is 16.9. The number of amides is 2. The van der Waals surface area contributed by atoms with Gasteiger partial charge in [0.2, 0.25) is 5.91 Å². The first-order chi connectivity index (χ1) is 15.0. The van der Waals surface area contributed by atoms with Crippen LogP contribution in [0, 0.1) is 0 Å². The highest BCUT2D eigenvalue weighted by molar-refractivity contribution is 6.44. The van der Waals surface area contributed by atoms with Gasteiger partial charge in [-0.2, -0.15) is 0 Å². The lowest BCUT2D eigenvalue weighted by molar-refractivity contribution is -0.135. The van der Waals surface area contributed by atoms with Crippen molar-refractivity contribution in [3.8, 4) is 0 Å². The maximum atomic E-state index is 13.1. The van der Waals surface area contributed by atoms with Crippen LogP contribution >= 0.6 is 0 Å². The highest BCUT2D eigenvalue weighted by Crippen LogP contribution is 2.23. The summed E-state index contributed by atoms with van der Waals surface area (Å²) in [5.41, 5.74) is 2.02. The number of carbonyl (C=O) groups excluding carboxylic acids is 3. The number of likely N-dealkylation sites (N-methyl/N-ethyl adjacent to an activating group) is 1. The quantitative estimate of drug-likeness (QED) is 0.454. The summed E-state index contributed by atoms with van der Waals surface area (Å²) in [6.07, 6.45) is 1.62. The Labute approximate surface area is 180 Å². The van der Waals surface area contributed by atoms with E-state index in [9.17, 15) is 14.4 Å². The van der Waals surface area contributed by atoms with Gasteiger partial charge in [0.05, 0.1) is 18.8 Å². The number of hydrogen-bond acceptors (Lipinski definition) is 4. The third kappa shape index (κ3) is 4.51. The molecule has 2 aromatic carbocycles. The molecule has 0 radical (unpaired) electrons. The Balaban J connectivity index is 1.56. The number of ether oxygens (including phenoxy) is 1. The van der Waals surface area contributed by atoms with Crippen molar-refractivity contribution in [3.05, 3.63) is 71.9 Å². The van der Waals surface area contributed by atoms with Crippen molar-refractivity contribution in [1.29, 1.82) is 0 Å². The minimum absolute atomic E-state index is 0.0319. The van der Waals surface area contributed by atoms with Crippen LogP contribution < -0.4 is 0 Å². The molecular formula is C24H25N3O4. The van der Waals surface area contributed by atoms with Crippen LogP contribution in [0.15, 0.2) is 60.8 Å². The molecule has 1 aromatic heterocycles. The molecule has 160 valence electrons. The maximum Gasteiger partial charge on any atom is 0.295 e. The fourth-order valence-corrected chi connectivity index (χ4v) is 3.83. The summed E-state index contributed by atoms with van der Waals surface area (Å²) >= 11 is 0. The van der Waals surface area contributed by atoms with Gasteiger partial charge in [0, 0.05) is 43.8 Å². The molecule has 2 heterocycles. The molecule has 2 amide bonds. The van der Waals surface area contributed by atoms with Crippen molar-refractivity contribution in [2.24, 2.45) is 0 Å². The SMILES string of the molecule is CN(Cc1ccccc1)C(=O)C(=O)c1cn(CC(=O)N2CCOCC2)c2ccccc12. The van der Waals surface area contributed by atoms with E-state index < -0.39 is 11.7 Å². The Bertz CT molecular complexity index is 1100. The molecule has 1 aliphatic rings. The Hall–Kier alpha value is -3.45. The van der Waals surface area contributed by atoms with Gasteiger partial charge in [-0.05, 0) is 11.6 Å². The Morgan fingerprint density at radius 2 is 1.65 bits per heavy atom. The van der Waals surface area contributed by atoms with Gasteiger partial charge in [-0.3, -0.25) is 14.4 Å². The van der Waals surface area contributed by atoms with Crippen LogP contribution in [0.25, 0.3) is 10.9 Å². The van der Waals surface area contributed by atoms with Crippen molar-refractivity contribution in [1.82, 2.24) is 14.4 Å². The van der Waals surface area contributed by atoms with E-state index >= 15 is 0 Å². The maximum absolute atomic E-state index is 13.1. The monoisotopic (exact) mass is 419 g/mol. The Morgan fingerprint density at radius 3 is 2.39 bits per heavy atom. The first kappa shape index (κ1) is 20.8. The summed E-state index contributed by atoms with van der Waals surface area (Å²) in [5, 5.41) is 0.670. The minimum Gasteiger partial charge on any atom is -0.378 e. The van der Waals surface area contributed by atoms with E-state index in [4.69, 9.17) is 4.74 Å². The fraction of sp³-hybridized carbons (Fsp3) is 0.292. The predicted octanol–water partition coefficient (Wildman–Crippen LogP) is 2.34. The molecule has 0 N–H and O–H groups in total. The normalized spacial score (nSPS) is 13.9. The number of morpholine rings is 1. The summed E-state index contributed by atoms with van der Waals surface area (Å²) in [5.74, 6) is -1.19. The average Bonchev–Trinajstić information content (AvgIpc) is 3.17. The molecule has 0 unspecified atom stereocenters. The lowest BCUT2D eigenvalue weighted by Gasteiger charge is -2.27. The minimum atomic E-state index is -0.578. The van der Waals surface area contributed by atoms with Crippen molar-refractivity contribution in [3.63, 3.8) is 0 Å². The third-order valence-corrected chi connectivity index (χ3v) is 5.51. The number of Topliss-reactive ketones (excluding diaryl/α,β-unsaturated/α-hetero) is 1. The number of nitrogens with zero attached hydrogens (tertiary/aromatic N) is 3. The van der Waals surface area contributed by atoms with Crippen LogP contribution in [0.4, 0.5) is 0 Å². The molecular weight excluding hydrogens is 394 g/mol. The van der Waals surface area contributed by atoms with Gasteiger partial charge < -0.3 is 19.1 Å². The largest absolute Gasteiger partial charge is 0.378 e. The first-order valence-corrected chi connectivity index (χ1v) is 10.3. The molecule has 1 aliphatic heterocycles. The van der Waals surface area contributed by atoms with E-state index in [1.807, 2.05) is 54.6 Å². The molecule has 0 bridgehead atoms. The van der Waals surface area contributed by atoms with Gasteiger partial charge in [0.15, 0.2) is 0 Å². The number of ketones is 1. The van der Waals surface area contributed by atoms with E-state index in [2.05, 4.69) is 0 Å². The Kier molecular flexibility index (Phi) is 6.13. The molecule has 7 heteroatoms. The average molecular weight is 419 g/mol. The zero-order chi connectivity index (χ0) is 21.8. The van der Waals surface area contributed by atoms with E-state index in [1.165, 1.54) is 4.90 Å². The molecule has 4 rings (SSSR count). The van der Waals surface area contributed by atoms with Gasteiger partial charge >= 0.3 is 0 Å². The smallest absolute Gasteiger partial charge is 0.295 e. The number of benzene rings is 2. The standard InChI is InChI=1S/C24H25N3O4/c1-25(15-18-7-3-2-4-8-18)24(30)23(29)20-16-27(21-10-6-5-9-19(20)21)17-22(28)26-11-13-31-14-12-26/h2-10,16H,11-15,17H2,1H3. The summed E-state index contributed by atoms with van der Waals surface area (Å²) in [4.78, 5) is 41.8. The van der Waals surface area contributed by atoms with Crippen molar-refractivity contribution in [2.45, 2.75) is 13.1 Å². The molecule has 7 nitrogen and oxygen atoms in total. The molecule has 0 spiro atoms. The van der Waals surface area contributed by atoms with E-state index in [1.54, 1.807) is 22.7 Å². The van der Waals surface area contributed by atoms with Crippen LogP contribution in [0.2, 0.25) is 0 Å². The number of aromatic nitrogens is 1. The Morgan fingerprint density at radius 1 is 0.968 bits per heavy atom. The van der Waals surface area contributed by atoms with Crippen LogP contribution in [-0.4, -0.2) is 65.3 Å². The number of fused-ring (bicyclic) bond motifs is 1. The molecule has 0 saturated carbocycles. The molecule has 0 aliphatic carbocycles. The second-order valence-electron chi connectivity index (χ2n) is 7.66. The van der Waals surface area contributed by atoms with Crippen molar-refractivity contribution >= 4 is 28.5 Å². The van der Waals surface area contributed by atoms with E-state index in [0.29, 0.717) is 43.8 Å². The van der Waals surface area contributed by atoms with Gasteiger partial charge in [0.25, 0.3) is 11.7 Å². The van der Waals surface area contributed by atoms with Gasteiger partial charge in [-0.15, -0.1) is 0 Å². The van der Waals surface area contributed by atoms with Gasteiger partial charge in [0.1, 0.15) is 6.54 Å². The first-order valence-electron chi connectivity index (χ1n) is 10.3. The molecule has 1 fully saturated rings. The second-order valence-corrected chi connectivity index (χ2v) is 7.66. The molecule has 1 saturated heterocycles. The van der Waals surface area contributed by atoms with Crippen LogP contribution in [0.5, 0.6) is 0 Å².